The first-order valence-electron chi connectivity index (χ1n) is 46.8. The fourth-order valence-corrected chi connectivity index (χ4v) is 26.8. The number of aliphatic hydroxyl groups excluding tert-OH is 3. The first kappa shape index (κ1) is 107. The molecule has 11 nitrogen and oxygen atoms in total. The normalized spacial score (nSPS) is 33.1. The fourth-order valence-electron chi connectivity index (χ4n) is 23.0. The van der Waals surface area contributed by atoms with Crippen molar-refractivity contribution in [2.45, 2.75) is 386 Å². The molecule has 0 spiro atoms. The average molecular weight is 1830 g/mol. The molecule has 9 rings (SSSR count). The molecular formula is C104H173Br2FO11Si2. The number of aliphatic hydroxyl groups is 3. The summed E-state index contributed by atoms with van der Waals surface area (Å²) >= 11 is 7.23. The zero-order chi connectivity index (χ0) is 90.0. The molecule has 9 fully saturated rings. The van der Waals surface area contributed by atoms with E-state index in [2.05, 4.69) is 251 Å². The summed E-state index contributed by atoms with van der Waals surface area (Å²) in [4.78, 5) is 41.0. The van der Waals surface area contributed by atoms with Crippen LogP contribution in [0.1, 0.15) is 307 Å². The number of ether oxygens (including phenoxy) is 3. The van der Waals surface area contributed by atoms with Gasteiger partial charge in [-0.15, -0.1) is 18.9 Å². The maximum absolute atomic E-state index is 12.3. The average Bonchev–Trinajstić information content (AvgIpc) is 1.62. The minimum atomic E-state index is -1.90. The number of hydrogen-bond donors (Lipinski definition) is 3. The van der Waals surface area contributed by atoms with Crippen LogP contribution in [0.4, 0.5) is 4.70 Å². The van der Waals surface area contributed by atoms with Gasteiger partial charge in [-0.3, -0.25) is 9.50 Å². The Morgan fingerprint density at radius 1 is 0.617 bits per heavy atom. The lowest BCUT2D eigenvalue weighted by Crippen LogP contribution is -2.50. The molecule has 7 aliphatic carbocycles. The predicted molar refractivity (Wildman–Crippen MR) is 513 cm³/mol. The lowest BCUT2D eigenvalue weighted by molar-refractivity contribution is -0.152. The van der Waals surface area contributed by atoms with Gasteiger partial charge in [0.2, 0.25) is 0 Å². The van der Waals surface area contributed by atoms with Gasteiger partial charge in [0.1, 0.15) is 18.8 Å². The monoisotopic (exact) mass is 1830 g/mol. The van der Waals surface area contributed by atoms with E-state index in [1.165, 1.54) is 95.5 Å². The molecule has 0 aromatic carbocycles. The molecule has 16 heteroatoms. The molecule has 684 valence electrons. The van der Waals surface area contributed by atoms with E-state index in [4.69, 9.17) is 29.5 Å². The maximum atomic E-state index is 12.3. The van der Waals surface area contributed by atoms with Crippen molar-refractivity contribution >= 4 is 66.4 Å². The van der Waals surface area contributed by atoms with Gasteiger partial charge < -0.3 is 38.4 Å². The lowest BCUT2D eigenvalue weighted by Gasteiger charge is -2.45. The predicted octanol–water partition coefficient (Wildman–Crippen LogP) is 27.6. The van der Waals surface area contributed by atoms with Crippen LogP contribution in [0.3, 0.4) is 0 Å². The number of esters is 3. The fraction of sp³-hybridized carbons (Fsp3) is 0.779. The summed E-state index contributed by atoms with van der Waals surface area (Å²) in [7, 11) is -3.78. The highest BCUT2D eigenvalue weighted by Crippen LogP contribution is 2.64. The van der Waals surface area contributed by atoms with Gasteiger partial charge in [-0.05, 0) is 312 Å². The second-order valence-electron chi connectivity index (χ2n) is 45.3. The summed E-state index contributed by atoms with van der Waals surface area (Å²) in [5.41, 5.74) is 9.13. The van der Waals surface area contributed by atoms with Gasteiger partial charge in [0.25, 0.3) is 0 Å². The smallest absolute Gasteiger partial charge is 0.334 e. The summed E-state index contributed by atoms with van der Waals surface area (Å²) in [6, 6.07) is 0. The number of fused-ring (bicyclic) bond motifs is 3. The maximum Gasteiger partial charge on any atom is 0.334 e. The molecule has 3 N–H and O–H groups in total. The van der Waals surface area contributed by atoms with Crippen molar-refractivity contribution in [3.05, 3.63) is 106 Å². The Labute approximate surface area is 751 Å². The largest absolute Gasteiger partial charge is 0.461 e. The van der Waals surface area contributed by atoms with E-state index < -0.39 is 40.4 Å². The summed E-state index contributed by atoms with van der Waals surface area (Å²) in [6.07, 6.45) is 35.8. The van der Waals surface area contributed by atoms with Gasteiger partial charge in [-0.2, -0.15) is 0 Å². The van der Waals surface area contributed by atoms with Crippen LogP contribution in [0.15, 0.2) is 106 Å². The number of terminal acetylenes is 1. The molecule has 0 bridgehead atoms. The Morgan fingerprint density at radius 2 is 1.02 bits per heavy atom. The van der Waals surface area contributed by atoms with Crippen molar-refractivity contribution in [3.8, 4) is 12.3 Å². The Hall–Kier alpha value is -3.25. The first-order valence-corrected chi connectivity index (χ1v) is 54.4. The zero-order valence-corrected chi connectivity index (χ0v) is 85.8. The van der Waals surface area contributed by atoms with Crippen molar-refractivity contribution in [2.24, 2.45) is 122 Å². The van der Waals surface area contributed by atoms with Gasteiger partial charge >= 0.3 is 17.9 Å². The van der Waals surface area contributed by atoms with Crippen LogP contribution in [0.2, 0.25) is 36.3 Å². The number of allylic oxidation sites excluding steroid dienone is 5. The van der Waals surface area contributed by atoms with E-state index in [9.17, 15) is 29.7 Å². The molecular weight excluding hydrogens is 1660 g/mol. The van der Waals surface area contributed by atoms with Crippen LogP contribution in [-0.4, -0.2) is 99.2 Å². The van der Waals surface area contributed by atoms with E-state index in [1.807, 2.05) is 33.8 Å². The number of carbonyl (C=O) groups is 3. The molecule has 9 aliphatic rings. The van der Waals surface area contributed by atoms with Gasteiger partial charge in [0, 0.05) is 47.2 Å². The van der Waals surface area contributed by atoms with Crippen molar-refractivity contribution in [2.75, 3.05) is 6.61 Å². The van der Waals surface area contributed by atoms with E-state index in [0.29, 0.717) is 94.0 Å². The van der Waals surface area contributed by atoms with Gasteiger partial charge in [-0.25, -0.2) is 9.59 Å². The minimum Gasteiger partial charge on any atom is -0.461 e. The molecule has 0 aromatic heterocycles. The standard InChI is InChI=1S/C32H48O4.C28H47BrO3.C23H35BrO2.C21H42O2Si2.FH/c1-18(2)15-25-21(5)31(35)36-29(25)16-19(3)26-12-13-27-23(9-8-14-32(26,27)7)10-11-24-17-28(33)22(6)30(34)20(24)4;1-18(2)14-22(20(4)17-32-26(31)27(5,6)7)25(30)15-19(3)23-11-12-24-21(16-29)10-9-13-28(23,24)8;1-14(2)11-18-16(4)22(25)26-21(18)12-15(3)19-8-9-20-17(13-24)7-6-10-23(19,20)5;1-14-16-19(23-25(12,13)21(7,8)9)17(3)18(15-2)22-24(10,11)20(4,5)6;/h10-11,18-19,22,25-30,33-34H,4-5,8-9,12-17H2,1-3,6-7H3;16,18-19,22-25,30H,4,9-15,17H2,1-3,5-8H3;13-15,18-21H,4,6-12H2,1-3,5H3;1,15,17-19H,2,16H2,3-13H3;1H/b23-10+,24-11-;21-16+;17-13+;;/t19-,22+,25+,26-,27+,28-,29-,30-,32-;19-,22+,23-,24+,25-,28-;15-,18+,19-,20+,21-,23-;17-,18-,19-;/m1111./s1. The third-order valence-electron chi connectivity index (χ3n) is 32.2. The van der Waals surface area contributed by atoms with Gasteiger partial charge in [0.05, 0.1) is 35.9 Å². The van der Waals surface area contributed by atoms with Crippen LogP contribution >= 0.6 is 31.9 Å². The second kappa shape index (κ2) is 44.7. The Morgan fingerprint density at radius 3 is 1.41 bits per heavy atom. The van der Waals surface area contributed by atoms with Gasteiger partial charge in [-0.1, -0.05) is 232 Å². The van der Waals surface area contributed by atoms with Crippen LogP contribution in [-0.2, 0) is 37.4 Å². The van der Waals surface area contributed by atoms with Crippen molar-refractivity contribution in [1.29, 1.82) is 0 Å². The Balaban J connectivity index is 0.000000287. The minimum absolute atomic E-state index is 0. The summed E-state index contributed by atoms with van der Waals surface area (Å²) in [5, 5.41) is 32.5. The topological polar surface area (TPSA) is 158 Å². The van der Waals surface area contributed by atoms with E-state index in [0.717, 1.165) is 73.5 Å². The molecule has 0 aromatic rings. The summed E-state index contributed by atoms with van der Waals surface area (Å²) in [6.45, 7) is 80.8. The van der Waals surface area contributed by atoms with Crippen molar-refractivity contribution in [1.82, 2.24) is 0 Å². The van der Waals surface area contributed by atoms with E-state index in [1.54, 1.807) is 11.1 Å². The molecule has 0 unspecified atom stereocenters. The van der Waals surface area contributed by atoms with Gasteiger partial charge in [0.15, 0.2) is 16.6 Å². The van der Waals surface area contributed by atoms with Crippen LogP contribution in [0.25, 0.3) is 0 Å². The summed E-state index contributed by atoms with van der Waals surface area (Å²) < 4.78 is 30.4. The van der Waals surface area contributed by atoms with Crippen molar-refractivity contribution in [3.63, 3.8) is 0 Å². The van der Waals surface area contributed by atoms with Crippen molar-refractivity contribution < 1.29 is 57.5 Å². The highest BCUT2D eigenvalue weighted by atomic mass is 79.9. The second-order valence-corrected chi connectivity index (χ2v) is 55.7. The quantitative estimate of drug-likeness (QED) is 0.0171. The molecule has 2 heterocycles. The molecule has 0 amide bonds. The number of cyclic esters (lactones) is 2. The van der Waals surface area contributed by atoms with Crippen LogP contribution in [0, 0.1) is 135 Å². The Kier molecular flexibility index (Phi) is 39.9. The molecule has 2 aliphatic heterocycles. The van der Waals surface area contributed by atoms with Crippen LogP contribution < -0.4 is 0 Å². The third kappa shape index (κ3) is 26.3. The Bertz CT molecular complexity index is 3630. The molecule has 7 saturated carbocycles. The molecule has 120 heavy (non-hydrogen) atoms. The number of halogens is 3. The number of hydrogen-bond acceptors (Lipinski definition) is 11. The number of rotatable bonds is 28. The SMILES string of the molecule is C#CC[C@@H](O[Si](C)(C)C(C)(C)C)[C@H](C)[C@@H](C=C)O[Si](C)(C)C(C)(C)C.C=C(COC(=O)C(C)(C)C)[C@H](CC(C)C)[C@H](O)C[C@@H](C)[C@H]1CC[C@H]2/C(=C/Br)CCC[C@]12C.C=C1/C(=C\C=C2/CCC[C@]3(C)[C@@H]([C@H](C)C[C@H]4OC(=O)C(=C)[C@@H]4CC(C)C)CC[C@@H]23)C[C@@H](O)[C@H](C)[C@@H]1O.C=C1C(=O)O[C@H](C[C@@H](C)[C@H]2CC[C@H]3/C(=C/Br)CCC[C@]23C)[C@H]1CC(C)C.F. The molecule has 0 radical (unpaired) electrons. The third-order valence-corrected chi connectivity index (χ3v) is 42.4. The van der Waals surface area contributed by atoms with E-state index in [-0.39, 0.29) is 98.7 Å². The highest BCUT2D eigenvalue weighted by Gasteiger charge is 2.56. The molecule has 2 saturated heterocycles. The highest BCUT2D eigenvalue weighted by molar-refractivity contribution is 9.11. The lowest BCUT2D eigenvalue weighted by atomic mass is 9.60. The van der Waals surface area contributed by atoms with Crippen LogP contribution in [0.5, 0.6) is 0 Å². The number of carbonyl (C=O) groups excluding carboxylic acids is 3. The first-order chi connectivity index (χ1) is 55.0. The van der Waals surface area contributed by atoms with E-state index >= 15 is 0 Å². The molecule has 24 atom stereocenters. The summed E-state index contributed by atoms with van der Waals surface area (Å²) in [5.74, 6) is 9.54. The zero-order valence-electron chi connectivity index (χ0n) is 80.6.